The zero-order valence-corrected chi connectivity index (χ0v) is 18.0. The van der Waals surface area contributed by atoms with Gasteiger partial charge < -0.3 is 10.1 Å². The lowest BCUT2D eigenvalue weighted by atomic mass is 10.1. The van der Waals surface area contributed by atoms with Gasteiger partial charge in [-0.25, -0.2) is 4.79 Å². The molecule has 0 aromatic heterocycles. The smallest absolute Gasteiger partial charge is 0.329 e. The van der Waals surface area contributed by atoms with E-state index in [2.05, 4.69) is 5.32 Å². The van der Waals surface area contributed by atoms with E-state index in [4.69, 9.17) is 16.3 Å². The van der Waals surface area contributed by atoms with Crippen LogP contribution in [-0.2, 0) is 14.3 Å². The van der Waals surface area contributed by atoms with Gasteiger partial charge in [0.15, 0.2) is 6.10 Å². The Labute approximate surface area is 187 Å². The van der Waals surface area contributed by atoms with Crippen molar-refractivity contribution in [3.63, 3.8) is 0 Å². The van der Waals surface area contributed by atoms with Gasteiger partial charge in [0.25, 0.3) is 23.4 Å². The van der Waals surface area contributed by atoms with Crippen LogP contribution in [0.15, 0.2) is 36.4 Å². The lowest BCUT2D eigenvalue weighted by Crippen LogP contribution is -2.45. The molecule has 1 N–H and O–H groups in total. The summed E-state index contributed by atoms with van der Waals surface area (Å²) in [6.07, 6.45) is -1.30. The van der Waals surface area contributed by atoms with E-state index in [9.17, 15) is 29.3 Å². The van der Waals surface area contributed by atoms with Gasteiger partial charge in [-0.2, -0.15) is 0 Å². The van der Waals surface area contributed by atoms with Gasteiger partial charge >= 0.3 is 5.97 Å². The van der Waals surface area contributed by atoms with E-state index in [0.717, 1.165) is 22.6 Å². The Hall–Kier alpha value is -3.79. The van der Waals surface area contributed by atoms with Crippen LogP contribution in [-0.4, -0.2) is 45.7 Å². The van der Waals surface area contributed by atoms with Crippen molar-refractivity contribution < 1.29 is 28.8 Å². The van der Waals surface area contributed by atoms with Crippen LogP contribution in [0.1, 0.15) is 40.1 Å². The summed E-state index contributed by atoms with van der Waals surface area (Å²) in [5.74, 6) is -2.94. The Bertz CT molecular complexity index is 1160. The molecule has 0 saturated carbocycles. The molecule has 32 heavy (non-hydrogen) atoms. The predicted molar refractivity (Wildman–Crippen MR) is 113 cm³/mol. The number of benzene rings is 2. The number of nitro benzene ring substituents is 1. The standard InChI is InChI=1S/C21H18ClN3O7/c1-10-4-6-14-15(8-10)20(28)24(19(14)27)11(2)21(29)32-12(3)18(26)23-17-7-5-13(25(30)31)9-16(17)22/h4-9,11-12H,1-3H3,(H,23,26). The summed E-state index contributed by atoms with van der Waals surface area (Å²) < 4.78 is 5.13. The molecule has 0 radical (unpaired) electrons. The molecule has 3 amide bonds. The van der Waals surface area contributed by atoms with Gasteiger partial charge in [0.1, 0.15) is 6.04 Å². The maximum absolute atomic E-state index is 12.6. The molecule has 1 heterocycles. The molecule has 166 valence electrons. The summed E-state index contributed by atoms with van der Waals surface area (Å²) in [6, 6.07) is 6.98. The van der Waals surface area contributed by atoms with Crippen LogP contribution >= 0.6 is 11.6 Å². The first-order valence-corrected chi connectivity index (χ1v) is 9.83. The molecule has 2 unspecified atom stereocenters. The molecule has 2 aromatic carbocycles. The first-order chi connectivity index (χ1) is 15.0. The number of rotatable bonds is 6. The monoisotopic (exact) mass is 459 g/mol. The molecule has 2 aromatic rings. The number of nitro groups is 1. The van der Waals surface area contributed by atoms with Crippen molar-refractivity contribution >= 4 is 46.7 Å². The van der Waals surface area contributed by atoms with Gasteiger partial charge in [-0.1, -0.05) is 23.2 Å². The molecule has 3 rings (SSSR count). The largest absolute Gasteiger partial charge is 0.451 e. The van der Waals surface area contributed by atoms with Crippen molar-refractivity contribution in [1.82, 2.24) is 4.90 Å². The number of ether oxygens (including phenoxy) is 1. The summed E-state index contributed by atoms with van der Waals surface area (Å²) in [6.45, 7) is 4.40. The normalized spacial score (nSPS) is 14.6. The van der Waals surface area contributed by atoms with Crippen molar-refractivity contribution in [2.75, 3.05) is 5.32 Å². The summed E-state index contributed by atoms with van der Waals surface area (Å²) >= 11 is 5.94. The number of carbonyl (C=O) groups excluding carboxylic acids is 4. The SMILES string of the molecule is Cc1ccc2c(c1)C(=O)N(C(C)C(=O)OC(C)C(=O)Nc1ccc([N+](=O)[O-])cc1Cl)C2=O. The third-order valence-corrected chi connectivity index (χ3v) is 5.20. The first kappa shape index (κ1) is 22.9. The number of amides is 3. The van der Waals surface area contributed by atoms with E-state index >= 15 is 0 Å². The first-order valence-electron chi connectivity index (χ1n) is 9.45. The van der Waals surface area contributed by atoms with Crippen LogP contribution in [0.3, 0.4) is 0 Å². The molecule has 2 atom stereocenters. The Morgan fingerprint density at radius 3 is 2.38 bits per heavy atom. The molecule has 0 saturated heterocycles. The number of carbonyl (C=O) groups is 4. The van der Waals surface area contributed by atoms with E-state index < -0.39 is 40.8 Å². The summed E-state index contributed by atoms with van der Waals surface area (Å²) in [7, 11) is 0. The van der Waals surface area contributed by atoms with Crippen molar-refractivity contribution in [3.05, 3.63) is 68.2 Å². The second kappa shape index (κ2) is 8.75. The van der Waals surface area contributed by atoms with Crippen LogP contribution in [0.5, 0.6) is 0 Å². The highest BCUT2D eigenvalue weighted by Gasteiger charge is 2.42. The summed E-state index contributed by atoms with van der Waals surface area (Å²) in [5, 5.41) is 13.1. The quantitative estimate of drug-likeness (QED) is 0.303. The number of fused-ring (bicyclic) bond motifs is 1. The number of nitrogens with one attached hydrogen (secondary N) is 1. The topological polar surface area (TPSA) is 136 Å². The highest BCUT2D eigenvalue weighted by molar-refractivity contribution is 6.34. The van der Waals surface area contributed by atoms with Gasteiger partial charge in [0.2, 0.25) is 0 Å². The van der Waals surface area contributed by atoms with Gasteiger partial charge in [-0.3, -0.25) is 29.4 Å². The molecular weight excluding hydrogens is 442 g/mol. The number of nitrogens with zero attached hydrogens (tertiary/aromatic N) is 2. The van der Waals surface area contributed by atoms with Crippen molar-refractivity contribution in [1.29, 1.82) is 0 Å². The van der Waals surface area contributed by atoms with E-state index in [1.165, 1.54) is 26.0 Å². The molecular formula is C21H18ClN3O7. The minimum atomic E-state index is -1.30. The fraction of sp³-hybridized carbons (Fsp3) is 0.238. The fourth-order valence-electron chi connectivity index (χ4n) is 3.11. The number of non-ortho nitro benzene ring substituents is 1. The number of imide groups is 1. The minimum absolute atomic E-state index is 0.0687. The van der Waals surface area contributed by atoms with Crippen molar-refractivity contribution in [3.8, 4) is 0 Å². The lowest BCUT2D eigenvalue weighted by molar-refractivity contribution is -0.384. The number of hydrogen-bond donors (Lipinski definition) is 1. The number of halogens is 1. The maximum Gasteiger partial charge on any atom is 0.329 e. The molecule has 0 bridgehead atoms. The van der Waals surface area contributed by atoms with Crippen LogP contribution in [0, 0.1) is 17.0 Å². The summed E-state index contributed by atoms with van der Waals surface area (Å²) in [5.41, 5.74) is 1.02. The van der Waals surface area contributed by atoms with Gasteiger partial charge in [0.05, 0.1) is 26.8 Å². The Morgan fingerprint density at radius 1 is 1.09 bits per heavy atom. The Morgan fingerprint density at radius 2 is 1.75 bits per heavy atom. The highest BCUT2D eigenvalue weighted by atomic mass is 35.5. The number of anilines is 1. The Kier molecular flexibility index (Phi) is 6.26. The highest BCUT2D eigenvalue weighted by Crippen LogP contribution is 2.28. The van der Waals surface area contributed by atoms with Crippen LogP contribution in [0.2, 0.25) is 5.02 Å². The molecule has 11 heteroatoms. The molecule has 0 fully saturated rings. The van der Waals surface area contributed by atoms with E-state index in [1.54, 1.807) is 19.1 Å². The Balaban J connectivity index is 1.66. The second-order valence-corrected chi connectivity index (χ2v) is 7.60. The zero-order chi connectivity index (χ0) is 23.7. The molecule has 10 nitrogen and oxygen atoms in total. The average molecular weight is 460 g/mol. The van der Waals surface area contributed by atoms with E-state index in [-0.39, 0.29) is 27.5 Å². The number of esters is 1. The fourth-order valence-corrected chi connectivity index (χ4v) is 3.33. The second-order valence-electron chi connectivity index (χ2n) is 7.19. The zero-order valence-electron chi connectivity index (χ0n) is 17.2. The van der Waals surface area contributed by atoms with Crippen LogP contribution in [0.4, 0.5) is 11.4 Å². The van der Waals surface area contributed by atoms with Crippen LogP contribution < -0.4 is 5.32 Å². The molecule has 0 aliphatic carbocycles. The maximum atomic E-state index is 12.6. The molecule has 1 aliphatic heterocycles. The molecule has 1 aliphatic rings. The molecule has 0 spiro atoms. The van der Waals surface area contributed by atoms with E-state index in [0.29, 0.717) is 0 Å². The minimum Gasteiger partial charge on any atom is -0.451 e. The predicted octanol–water partition coefficient (Wildman–Crippen LogP) is 3.11. The number of hydrogen-bond acceptors (Lipinski definition) is 7. The van der Waals surface area contributed by atoms with E-state index in [1.807, 2.05) is 0 Å². The third kappa shape index (κ3) is 4.30. The third-order valence-electron chi connectivity index (χ3n) is 4.89. The average Bonchev–Trinajstić information content (AvgIpc) is 2.98. The summed E-state index contributed by atoms with van der Waals surface area (Å²) in [4.78, 5) is 61.1. The van der Waals surface area contributed by atoms with Gasteiger partial charge in [0, 0.05) is 12.1 Å². The van der Waals surface area contributed by atoms with Crippen LogP contribution in [0.25, 0.3) is 0 Å². The van der Waals surface area contributed by atoms with Gasteiger partial charge in [-0.05, 0) is 39.0 Å². The lowest BCUT2D eigenvalue weighted by Gasteiger charge is -2.22. The number of aryl methyl sites for hydroxylation is 1. The van der Waals surface area contributed by atoms with Crippen molar-refractivity contribution in [2.45, 2.75) is 32.9 Å². The van der Waals surface area contributed by atoms with Gasteiger partial charge in [-0.15, -0.1) is 0 Å². The van der Waals surface area contributed by atoms with Crippen molar-refractivity contribution in [2.24, 2.45) is 0 Å².